The van der Waals surface area contributed by atoms with Crippen LogP contribution in [0.1, 0.15) is 32.1 Å². The summed E-state index contributed by atoms with van der Waals surface area (Å²) in [5.74, 6) is -0.834. The molecule has 1 amide bonds. The van der Waals surface area contributed by atoms with Gasteiger partial charge in [-0.15, -0.1) is 0 Å². The molecular weight excluding hydrogens is 282 g/mol. The minimum Gasteiger partial charge on any atom is -0.394 e. The molecule has 5 atom stereocenters. The van der Waals surface area contributed by atoms with Crippen LogP contribution >= 0.6 is 0 Å². The number of aliphatic hydroxyl groups is 6. The topological polar surface area (TPSA) is 150 Å². The van der Waals surface area contributed by atoms with Gasteiger partial charge in [0.25, 0.3) is 5.91 Å². The molecule has 0 aromatic heterocycles. The lowest BCUT2D eigenvalue weighted by atomic mass is 9.94. The van der Waals surface area contributed by atoms with E-state index in [1.165, 1.54) is 0 Å². The van der Waals surface area contributed by atoms with E-state index in [1.54, 1.807) is 0 Å². The Labute approximate surface area is 123 Å². The summed E-state index contributed by atoms with van der Waals surface area (Å²) in [4.78, 5) is 11.8. The fourth-order valence-electron chi connectivity index (χ4n) is 2.41. The number of hydrogen-bond acceptors (Lipinski definition) is 7. The molecule has 1 saturated carbocycles. The first-order chi connectivity index (χ1) is 9.88. The van der Waals surface area contributed by atoms with Gasteiger partial charge in [-0.2, -0.15) is 0 Å². The van der Waals surface area contributed by atoms with Crippen molar-refractivity contribution in [1.82, 2.24) is 5.32 Å². The second-order valence-corrected chi connectivity index (χ2v) is 5.51. The lowest BCUT2D eigenvalue weighted by Gasteiger charge is -2.29. The largest absolute Gasteiger partial charge is 0.394 e. The molecule has 1 fully saturated rings. The van der Waals surface area contributed by atoms with Gasteiger partial charge in [-0.3, -0.25) is 4.79 Å². The van der Waals surface area contributed by atoms with E-state index in [9.17, 15) is 30.3 Å². The summed E-state index contributed by atoms with van der Waals surface area (Å²) < 4.78 is 0. The van der Waals surface area contributed by atoms with E-state index in [4.69, 9.17) is 5.11 Å². The number of aliphatic hydroxyl groups excluding tert-OH is 6. The zero-order valence-electron chi connectivity index (χ0n) is 11.8. The Morgan fingerprint density at radius 1 is 0.952 bits per heavy atom. The predicted molar refractivity (Wildman–Crippen MR) is 72.1 cm³/mol. The van der Waals surface area contributed by atoms with Crippen molar-refractivity contribution in [2.45, 2.75) is 68.7 Å². The molecule has 1 rings (SSSR count). The highest BCUT2D eigenvalue weighted by atomic mass is 16.4. The molecule has 7 N–H and O–H groups in total. The third-order valence-electron chi connectivity index (χ3n) is 3.82. The monoisotopic (exact) mass is 307 g/mol. The van der Waals surface area contributed by atoms with Crippen molar-refractivity contribution < 1.29 is 35.4 Å². The smallest absolute Gasteiger partial charge is 0.251 e. The van der Waals surface area contributed by atoms with Crippen LogP contribution in [-0.4, -0.2) is 79.7 Å². The van der Waals surface area contributed by atoms with Crippen molar-refractivity contribution >= 4 is 5.91 Å². The van der Waals surface area contributed by atoms with E-state index in [0.717, 1.165) is 32.1 Å². The zero-order chi connectivity index (χ0) is 16.0. The third kappa shape index (κ3) is 5.17. The molecule has 0 aliphatic heterocycles. The molecule has 8 heteroatoms. The Morgan fingerprint density at radius 3 is 2.05 bits per heavy atom. The Bertz CT molecular complexity index is 322. The number of carbonyl (C=O) groups is 1. The predicted octanol–water partition coefficient (Wildman–Crippen LogP) is -2.77. The maximum absolute atomic E-state index is 11.8. The summed E-state index contributed by atoms with van der Waals surface area (Å²) in [6.45, 7) is -0.824. The van der Waals surface area contributed by atoms with Gasteiger partial charge in [0.05, 0.1) is 6.61 Å². The first kappa shape index (κ1) is 18.3. The molecule has 21 heavy (non-hydrogen) atoms. The van der Waals surface area contributed by atoms with Gasteiger partial charge < -0.3 is 36.0 Å². The van der Waals surface area contributed by atoms with Crippen LogP contribution in [-0.2, 0) is 4.79 Å². The van der Waals surface area contributed by atoms with Crippen LogP contribution in [0.5, 0.6) is 0 Å². The molecule has 1 aliphatic rings. The maximum Gasteiger partial charge on any atom is 0.251 e. The summed E-state index contributed by atoms with van der Waals surface area (Å²) in [6, 6.07) is -0.0711. The van der Waals surface area contributed by atoms with Crippen molar-refractivity contribution in [1.29, 1.82) is 0 Å². The van der Waals surface area contributed by atoms with Crippen molar-refractivity contribution in [2.75, 3.05) is 6.61 Å². The van der Waals surface area contributed by atoms with Gasteiger partial charge in [0.15, 0.2) is 6.10 Å². The first-order valence-electron chi connectivity index (χ1n) is 7.20. The molecule has 0 bridgehead atoms. The first-order valence-corrected chi connectivity index (χ1v) is 7.20. The van der Waals surface area contributed by atoms with Crippen molar-refractivity contribution in [2.24, 2.45) is 0 Å². The number of amides is 1. The standard InChI is InChI=1S/C13H25NO7/c15-6-8(16)9(17)10(18)11(19)12(20)13(21)14-7-4-2-1-3-5-7/h7-12,15-20H,1-6H2,(H,14,21)/t8-,9-,10+,11-,12-/m1/s1. The molecule has 0 unspecified atom stereocenters. The van der Waals surface area contributed by atoms with E-state index in [-0.39, 0.29) is 6.04 Å². The van der Waals surface area contributed by atoms with Gasteiger partial charge in [0.1, 0.15) is 24.4 Å². The van der Waals surface area contributed by atoms with Gasteiger partial charge in [-0.05, 0) is 12.8 Å². The number of nitrogens with one attached hydrogen (secondary N) is 1. The summed E-state index contributed by atoms with van der Waals surface area (Å²) in [7, 11) is 0. The Balaban J connectivity index is 2.51. The van der Waals surface area contributed by atoms with E-state index in [1.807, 2.05) is 0 Å². The van der Waals surface area contributed by atoms with Crippen molar-refractivity contribution in [3.8, 4) is 0 Å². The SMILES string of the molecule is O=C(NC1CCCCC1)[C@H](O)[C@H](O)[C@@H](O)[C@H](O)[C@H](O)CO. The van der Waals surface area contributed by atoms with E-state index < -0.39 is 43.0 Å². The minimum absolute atomic E-state index is 0.0711. The molecule has 0 radical (unpaired) electrons. The Morgan fingerprint density at radius 2 is 1.52 bits per heavy atom. The maximum atomic E-state index is 11.8. The molecule has 0 aromatic rings. The molecule has 1 aliphatic carbocycles. The quantitative estimate of drug-likeness (QED) is 0.269. The number of hydrogen-bond donors (Lipinski definition) is 7. The van der Waals surface area contributed by atoms with Gasteiger partial charge in [0, 0.05) is 6.04 Å². The number of rotatable bonds is 7. The molecule has 124 valence electrons. The summed E-state index contributed by atoms with van der Waals surface area (Å²) >= 11 is 0. The van der Waals surface area contributed by atoms with Crippen LogP contribution in [0.3, 0.4) is 0 Å². The van der Waals surface area contributed by atoms with Gasteiger partial charge in [-0.25, -0.2) is 0 Å². The average Bonchev–Trinajstić information content (AvgIpc) is 2.52. The van der Waals surface area contributed by atoms with Gasteiger partial charge in [0.2, 0.25) is 0 Å². The van der Waals surface area contributed by atoms with E-state index in [0.29, 0.717) is 0 Å². The molecule has 0 saturated heterocycles. The summed E-state index contributed by atoms with van der Waals surface area (Å²) in [5, 5.41) is 58.9. The lowest BCUT2D eigenvalue weighted by molar-refractivity contribution is -0.157. The van der Waals surface area contributed by atoms with Crippen LogP contribution in [0.15, 0.2) is 0 Å². The van der Waals surface area contributed by atoms with Crippen LogP contribution in [0.2, 0.25) is 0 Å². The van der Waals surface area contributed by atoms with Crippen LogP contribution in [0.4, 0.5) is 0 Å². The minimum atomic E-state index is -1.97. The average molecular weight is 307 g/mol. The summed E-state index contributed by atoms with van der Waals surface area (Å²) in [5.41, 5.74) is 0. The fraction of sp³-hybridized carbons (Fsp3) is 0.923. The Hall–Kier alpha value is -0.770. The Kier molecular flexibility index (Phi) is 7.50. The zero-order valence-corrected chi connectivity index (χ0v) is 11.8. The molecule has 0 spiro atoms. The molecule has 8 nitrogen and oxygen atoms in total. The van der Waals surface area contributed by atoms with E-state index in [2.05, 4.69) is 5.32 Å². The highest BCUT2D eigenvalue weighted by Crippen LogP contribution is 2.18. The van der Waals surface area contributed by atoms with Gasteiger partial charge in [-0.1, -0.05) is 19.3 Å². The summed E-state index contributed by atoms with van der Waals surface area (Å²) in [6.07, 6.45) is -4.76. The van der Waals surface area contributed by atoms with Gasteiger partial charge >= 0.3 is 0 Å². The van der Waals surface area contributed by atoms with Crippen molar-refractivity contribution in [3.05, 3.63) is 0 Å². The molecular formula is C13H25NO7. The van der Waals surface area contributed by atoms with Crippen LogP contribution in [0.25, 0.3) is 0 Å². The van der Waals surface area contributed by atoms with Crippen molar-refractivity contribution in [3.63, 3.8) is 0 Å². The normalized spacial score (nSPS) is 23.9. The van der Waals surface area contributed by atoms with Crippen LogP contribution in [0, 0.1) is 0 Å². The van der Waals surface area contributed by atoms with E-state index >= 15 is 0 Å². The highest BCUT2D eigenvalue weighted by Gasteiger charge is 2.37. The lowest BCUT2D eigenvalue weighted by Crippen LogP contribution is -2.55. The van der Waals surface area contributed by atoms with Crippen LogP contribution < -0.4 is 5.32 Å². The third-order valence-corrected chi connectivity index (χ3v) is 3.82. The molecule has 0 heterocycles. The second-order valence-electron chi connectivity index (χ2n) is 5.51. The fourth-order valence-corrected chi connectivity index (χ4v) is 2.41. The molecule has 0 aromatic carbocycles. The second kappa shape index (κ2) is 8.62. The highest BCUT2D eigenvalue weighted by molar-refractivity contribution is 5.81. The number of carbonyl (C=O) groups excluding carboxylic acids is 1.